The summed E-state index contributed by atoms with van der Waals surface area (Å²) in [5.74, 6) is -0.891. The highest BCUT2D eigenvalue weighted by molar-refractivity contribution is 5.71. The Morgan fingerprint density at radius 2 is 0.545 bits per heavy atom. The van der Waals surface area contributed by atoms with Gasteiger partial charge in [0.15, 0.2) is 6.10 Å². The molecule has 6 nitrogen and oxygen atoms in total. The molecule has 384 valence electrons. The van der Waals surface area contributed by atoms with E-state index in [1.807, 2.05) is 0 Å². The van der Waals surface area contributed by atoms with E-state index >= 15 is 0 Å². The van der Waals surface area contributed by atoms with E-state index in [0.717, 1.165) is 77.0 Å². The molecule has 0 aliphatic carbocycles. The van der Waals surface area contributed by atoms with Crippen molar-refractivity contribution in [3.05, 3.63) is 48.6 Å². The molecule has 0 amide bonds. The van der Waals surface area contributed by atoms with Crippen LogP contribution in [0.15, 0.2) is 48.6 Å². The molecule has 0 aromatic rings. The molecule has 66 heavy (non-hydrogen) atoms. The lowest BCUT2D eigenvalue weighted by atomic mass is 10.1. The zero-order valence-electron chi connectivity index (χ0n) is 44.0. The first-order chi connectivity index (χ1) is 32.5. The summed E-state index contributed by atoms with van der Waals surface area (Å²) in [5, 5.41) is 0. The first-order valence-electron chi connectivity index (χ1n) is 28.6. The number of rotatable bonds is 52. The Labute approximate surface area is 409 Å². The Balaban J connectivity index is 4.17. The van der Waals surface area contributed by atoms with Crippen LogP contribution in [0, 0.1) is 0 Å². The largest absolute Gasteiger partial charge is 0.462 e. The van der Waals surface area contributed by atoms with Gasteiger partial charge in [-0.2, -0.15) is 0 Å². The number of esters is 3. The van der Waals surface area contributed by atoms with Gasteiger partial charge in [-0.05, 0) is 83.5 Å². The summed E-state index contributed by atoms with van der Waals surface area (Å²) in [6.45, 7) is 6.58. The fourth-order valence-corrected chi connectivity index (χ4v) is 8.21. The Bertz CT molecular complexity index is 1150. The number of unbranched alkanes of at least 4 members (excludes halogenated alkanes) is 33. The zero-order chi connectivity index (χ0) is 47.9. The molecule has 0 radical (unpaired) electrons. The minimum atomic E-state index is -0.776. The Morgan fingerprint density at radius 3 is 0.864 bits per heavy atom. The summed E-state index contributed by atoms with van der Waals surface area (Å²) in [4.78, 5) is 37.9. The second-order valence-corrected chi connectivity index (χ2v) is 19.2. The molecule has 6 heteroatoms. The van der Waals surface area contributed by atoms with E-state index in [1.165, 1.54) is 180 Å². The summed E-state index contributed by atoms with van der Waals surface area (Å²) in [6.07, 6.45) is 67.0. The van der Waals surface area contributed by atoms with Crippen LogP contribution < -0.4 is 0 Å². The van der Waals surface area contributed by atoms with Crippen molar-refractivity contribution in [2.24, 2.45) is 0 Å². The van der Waals surface area contributed by atoms with Gasteiger partial charge in [-0.15, -0.1) is 0 Å². The lowest BCUT2D eigenvalue weighted by molar-refractivity contribution is -0.167. The summed E-state index contributed by atoms with van der Waals surface area (Å²) < 4.78 is 16.8. The molecule has 0 spiro atoms. The van der Waals surface area contributed by atoms with Gasteiger partial charge >= 0.3 is 17.9 Å². The van der Waals surface area contributed by atoms with Crippen molar-refractivity contribution in [2.75, 3.05) is 13.2 Å². The van der Waals surface area contributed by atoms with Gasteiger partial charge in [0.1, 0.15) is 13.2 Å². The molecular weight excluding hydrogens is 817 g/mol. The minimum absolute atomic E-state index is 0.0773. The van der Waals surface area contributed by atoms with Crippen LogP contribution in [-0.4, -0.2) is 37.2 Å². The van der Waals surface area contributed by atoms with Crippen LogP contribution in [0.25, 0.3) is 0 Å². The van der Waals surface area contributed by atoms with Crippen LogP contribution in [-0.2, 0) is 28.6 Å². The topological polar surface area (TPSA) is 78.9 Å². The molecule has 0 N–H and O–H groups in total. The van der Waals surface area contributed by atoms with E-state index < -0.39 is 6.10 Å². The van der Waals surface area contributed by atoms with Gasteiger partial charge in [0.2, 0.25) is 0 Å². The maximum Gasteiger partial charge on any atom is 0.306 e. The molecular formula is C60H108O6. The lowest BCUT2D eigenvalue weighted by Gasteiger charge is -2.18. The third-order valence-corrected chi connectivity index (χ3v) is 12.6. The van der Waals surface area contributed by atoms with Crippen molar-refractivity contribution in [1.82, 2.24) is 0 Å². The lowest BCUT2D eigenvalue weighted by Crippen LogP contribution is -2.30. The average Bonchev–Trinajstić information content (AvgIpc) is 3.31. The van der Waals surface area contributed by atoms with E-state index in [-0.39, 0.29) is 31.1 Å². The van der Waals surface area contributed by atoms with Gasteiger partial charge in [-0.25, -0.2) is 0 Å². The highest BCUT2D eigenvalue weighted by Gasteiger charge is 2.19. The van der Waals surface area contributed by atoms with Gasteiger partial charge in [-0.3, -0.25) is 14.4 Å². The van der Waals surface area contributed by atoms with Gasteiger partial charge in [0, 0.05) is 19.3 Å². The molecule has 0 aliphatic rings. The molecule has 0 aromatic carbocycles. The first-order valence-corrected chi connectivity index (χ1v) is 28.6. The molecule has 0 aromatic heterocycles. The smallest absolute Gasteiger partial charge is 0.306 e. The van der Waals surface area contributed by atoms with E-state index in [1.54, 1.807) is 0 Å². The summed E-state index contributed by atoms with van der Waals surface area (Å²) in [5.41, 5.74) is 0. The number of carbonyl (C=O) groups is 3. The third kappa shape index (κ3) is 52.3. The van der Waals surface area contributed by atoms with Crippen molar-refractivity contribution in [1.29, 1.82) is 0 Å². The molecule has 0 bridgehead atoms. The predicted molar refractivity (Wildman–Crippen MR) is 284 cm³/mol. The maximum absolute atomic E-state index is 12.8. The van der Waals surface area contributed by atoms with Crippen LogP contribution in [0.5, 0.6) is 0 Å². The van der Waals surface area contributed by atoms with E-state index in [0.29, 0.717) is 19.3 Å². The summed E-state index contributed by atoms with van der Waals surface area (Å²) in [7, 11) is 0. The normalized spacial score (nSPS) is 12.3. The van der Waals surface area contributed by atoms with Crippen molar-refractivity contribution >= 4 is 17.9 Å². The van der Waals surface area contributed by atoms with Crippen LogP contribution in [0.4, 0.5) is 0 Å². The van der Waals surface area contributed by atoms with Crippen molar-refractivity contribution < 1.29 is 28.6 Å². The van der Waals surface area contributed by atoms with E-state index in [4.69, 9.17) is 14.2 Å². The molecule has 0 fully saturated rings. The van der Waals surface area contributed by atoms with E-state index in [9.17, 15) is 14.4 Å². The van der Waals surface area contributed by atoms with Gasteiger partial charge in [0.25, 0.3) is 0 Å². The number of carbonyl (C=O) groups excluding carboxylic acids is 3. The third-order valence-electron chi connectivity index (χ3n) is 12.6. The van der Waals surface area contributed by atoms with Crippen LogP contribution >= 0.6 is 0 Å². The monoisotopic (exact) mass is 925 g/mol. The van der Waals surface area contributed by atoms with Crippen molar-refractivity contribution in [3.8, 4) is 0 Å². The number of ether oxygens (including phenoxy) is 3. The second kappa shape index (κ2) is 55.0. The Morgan fingerprint density at radius 1 is 0.303 bits per heavy atom. The summed E-state index contributed by atoms with van der Waals surface area (Å²) in [6, 6.07) is 0. The molecule has 0 heterocycles. The number of hydrogen-bond donors (Lipinski definition) is 0. The summed E-state index contributed by atoms with van der Waals surface area (Å²) >= 11 is 0. The van der Waals surface area contributed by atoms with Crippen molar-refractivity contribution in [2.45, 2.75) is 303 Å². The zero-order valence-corrected chi connectivity index (χ0v) is 44.0. The predicted octanol–water partition coefficient (Wildman–Crippen LogP) is 19.0. The van der Waals surface area contributed by atoms with Crippen molar-refractivity contribution in [3.63, 3.8) is 0 Å². The van der Waals surface area contributed by atoms with Gasteiger partial charge in [0.05, 0.1) is 0 Å². The molecule has 1 atom stereocenters. The molecule has 0 saturated carbocycles. The minimum Gasteiger partial charge on any atom is -0.462 e. The standard InChI is InChI=1S/C60H108O6/c1-4-7-10-13-16-18-20-22-24-26-28-30-32-34-36-38-40-42-44-47-50-53-59(62)65-56-57(55-64-58(61)52-49-46-15-12-9-6-3)66-60(63)54-51-48-45-43-41-39-37-35-33-31-29-27-25-23-21-19-17-14-11-8-5-2/h20,22,26-29,32,34,57H,4-19,21,23-25,30-31,33,35-56H2,1-3H3/b22-20-,28-26-,29-27-,34-32-. The number of hydrogen-bond acceptors (Lipinski definition) is 6. The molecule has 1 unspecified atom stereocenters. The Kier molecular flexibility index (Phi) is 52.8. The number of allylic oxidation sites excluding steroid dienone is 8. The fraction of sp³-hybridized carbons (Fsp3) is 0.817. The van der Waals surface area contributed by atoms with Gasteiger partial charge < -0.3 is 14.2 Å². The first kappa shape index (κ1) is 63.4. The van der Waals surface area contributed by atoms with Gasteiger partial charge in [-0.1, -0.05) is 243 Å². The highest BCUT2D eigenvalue weighted by atomic mass is 16.6. The molecule has 0 aliphatic heterocycles. The van der Waals surface area contributed by atoms with Crippen LogP contribution in [0.3, 0.4) is 0 Å². The fourth-order valence-electron chi connectivity index (χ4n) is 8.21. The van der Waals surface area contributed by atoms with E-state index in [2.05, 4.69) is 69.4 Å². The Hall–Kier alpha value is -2.63. The molecule has 0 rings (SSSR count). The second-order valence-electron chi connectivity index (χ2n) is 19.2. The average molecular weight is 926 g/mol. The van der Waals surface area contributed by atoms with Crippen LogP contribution in [0.2, 0.25) is 0 Å². The maximum atomic E-state index is 12.8. The SMILES string of the molecule is CCCCCCC/C=C\C/C=C\C/C=C\CCCCCCCCC(=O)OCC(COC(=O)CCCCCCCC)OC(=O)CCCCCCCCCCC/C=C\CCCCCCCCCC. The highest BCUT2D eigenvalue weighted by Crippen LogP contribution is 2.15. The molecule has 0 saturated heterocycles. The quantitative estimate of drug-likeness (QED) is 0.0262. The van der Waals surface area contributed by atoms with Crippen LogP contribution in [0.1, 0.15) is 297 Å².